The van der Waals surface area contributed by atoms with Crippen LogP contribution in [0.5, 0.6) is 0 Å². The second-order valence-corrected chi connectivity index (χ2v) is 5.36. The summed E-state index contributed by atoms with van der Waals surface area (Å²) in [6.07, 6.45) is 1.95. The number of hydrogen-bond donors (Lipinski definition) is 1. The zero-order valence-corrected chi connectivity index (χ0v) is 11.8. The Morgan fingerprint density at radius 2 is 2.12 bits per heavy atom. The maximum Gasteiger partial charge on any atom is 0.0829 e. The molecule has 0 spiro atoms. The van der Waals surface area contributed by atoms with E-state index >= 15 is 0 Å². The summed E-state index contributed by atoms with van der Waals surface area (Å²) >= 11 is 0. The molecule has 4 heteroatoms. The summed E-state index contributed by atoms with van der Waals surface area (Å²) in [5.41, 5.74) is 1.25. The Bertz CT molecular complexity index is 341. The lowest BCUT2D eigenvalue weighted by Crippen LogP contribution is -2.41. The molecule has 17 heavy (non-hydrogen) atoms. The van der Waals surface area contributed by atoms with E-state index in [1.54, 1.807) is 7.11 Å². The van der Waals surface area contributed by atoms with Crippen LogP contribution in [0.15, 0.2) is 12.3 Å². The molecular formula is C13H25N3O. The Hall–Kier alpha value is -0.870. The first-order valence-corrected chi connectivity index (χ1v) is 6.17. The zero-order valence-electron chi connectivity index (χ0n) is 11.8. The van der Waals surface area contributed by atoms with Crippen LogP contribution in [0.25, 0.3) is 0 Å². The van der Waals surface area contributed by atoms with E-state index in [9.17, 15) is 0 Å². The fraction of sp³-hybridized carbons (Fsp3) is 0.769. The maximum absolute atomic E-state index is 5.69. The fourth-order valence-electron chi connectivity index (χ4n) is 2.32. The molecule has 0 aromatic carbocycles. The molecule has 0 aliphatic rings. The van der Waals surface area contributed by atoms with Gasteiger partial charge in [0.05, 0.1) is 17.8 Å². The Kier molecular flexibility index (Phi) is 4.71. The minimum absolute atomic E-state index is 0.0747. The largest absolute Gasteiger partial charge is 0.379 e. The maximum atomic E-state index is 5.69. The first kappa shape index (κ1) is 14.2. The Labute approximate surface area is 104 Å². The van der Waals surface area contributed by atoms with Crippen molar-refractivity contribution >= 4 is 0 Å². The van der Waals surface area contributed by atoms with Crippen molar-refractivity contribution in [3.8, 4) is 0 Å². The van der Waals surface area contributed by atoms with Crippen molar-refractivity contribution in [3.63, 3.8) is 0 Å². The highest BCUT2D eigenvalue weighted by atomic mass is 16.5. The van der Waals surface area contributed by atoms with E-state index in [-0.39, 0.29) is 17.6 Å². The highest BCUT2D eigenvalue weighted by Crippen LogP contribution is 2.32. The topological polar surface area (TPSA) is 39.1 Å². The number of aryl methyl sites for hydroxylation is 1. The smallest absolute Gasteiger partial charge is 0.0829 e. The van der Waals surface area contributed by atoms with Gasteiger partial charge in [-0.3, -0.25) is 4.68 Å². The normalized spacial score (nSPS) is 15.9. The number of methoxy groups -OCH3 is 1. The van der Waals surface area contributed by atoms with Gasteiger partial charge in [-0.05, 0) is 25.5 Å². The molecule has 0 saturated heterocycles. The summed E-state index contributed by atoms with van der Waals surface area (Å²) < 4.78 is 7.70. The van der Waals surface area contributed by atoms with E-state index in [0.29, 0.717) is 0 Å². The van der Waals surface area contributed by atoms with Gasteiger partial charge >= 0.3 is 0 Å². The van der Waals surface area contributed by atoms with Crippen LogP contribution in [0, 0.1) is 5.41 Å². The van der Waals surface area contributed by atoms with Gasteiger partial charge in [-0.1, -0.05) is 20.8 Å². The molecule has 1 aromatic heterocycles. The third-order valence-corrected chi connectivity index (χ3v) is 3.09. The second kappa shape index (κ2) is 5.65. The molecule has 1 rings (SSSR count). The van der Waals surface area contributed by atoms with Crippen LogP contribution < -0.4 is 5.32 Å². The SMILES string of the molecule is CCn1nccc1C(NC)C(OC)C(C)(C)C. The fourth-order valence-corrected chi connectivity index (χ4v) is 2.32. The van der Waals surface area contributed by atoms with Crippen molar-refractivity contribution in [2.24, 2.45) is 5.41 Å². The van der Waals surface area contributed by atoms with Gasteiger partial charge in [-0.15, -0.1) is 0 Å². The van der Waals surface area contributed by atoms with Crippen molar-refractivity contribution in [3.05, 3.63) is 18.0 Å². The standard InChI is InChI=1S/C13H25N3O/c1-7-16-10(8-9-15-16)11(14-5)12(17-6)13(2,3)4/h8-9,11-12,14H,7H2,1-6H3. The van der Waals surface area contributed by atoms with Crippen LogP contribution in [0.3, 0.4) is 0 Å². The molecular weight excluding hydrogens is 214 g/mol. The van der Waals surface area contributed by atoms with Crippen molar-refractivity contribution in [2.45, 2.75) is 46.4 Å². The molecule has 2 atom stereocenters. The number of ether oxygens (including phenoxy) is 1. The number of aromatic nitrogens is 2. The van der Waals surface area contributed by atoms with Crippen molar-refractivity contribution in [1.82, 2.24) is 15.1 Å². The molecule has 1 heterocycles. The van der Waals surface area contributed by atoms with Gasteiger partial charge in [0.15, 0.2) is 0 Å². The molecule has 0 bridgehead atoms. The summed E-state index contributed by atoms with van der Waals surface area (Å²) in [7, 11) is 3.74. The average molecular weight is 239 g/mol. The van der Waals surface area contributed by atoms with Gasteiger partial charge in [0, 0.05) is 19.9 Å². The van der Waals surface area contributed by atoms with Crippen LogP contribution in [0.4, 0.5) is 0 Å². The second-order valence-electron chi connectivity index (χ2n) is 5.36. The minimum Gasteiger partial charge on any atom is -0.379 e. The van der Waals surface area contributed by atoms with Gasteiger partial charge in [-0.2, -0.15) is 5.10 Å². The highest BCUT2D eigenvalue weighted by Gasteiger charge is 2.34. The molecule has 0 fully saturated rings. The third kappa shape index (κ3) is 3.07. The summed E-state index contributed by atoms with van der Waals surface area (Å²) in [5.74, 6) is 0. The van der Waals surface area contributed by atoms with E-state index in [1.165, 1.54) is 5.69 Å². The number of nitrogens with zero attached hydrogens (tertiary/aromatic N) is 2. The van der Waals surface area contributed by atoms with Crippen LogP contribution in [0.2, 0.25) is 0 Å². The lowest BCUT2D eigenvalue weighted by Gasteiger charge is -2.36. The summed E-state index contributed by atoms with van der Waals surface area (Å²) in [4.78, 5) is 0. The van der Waals surface area contributed by atoms with E-state index in [2.05, 4.69) is 44.2 Å². The number of rotatable bonds is 5. The van der Waals surface area contributed by atoms with Crippen LogP contribution in [0.1, 0.15) is 39.4 Å². The predicted molar refractivity (Wildman–Crippen MR) is 70.0 cm³/mol. The van der Waals surface area contributed by atoms with E-state index in [1.807, 2.05) is 17.9 Å². The Morgan fingerprint density at radius 1 is 1.47 bits per heavy atom. The van der Waals surface area contributed by atoms with Crippen LogP contribution >= 0.6 is 0 Å². The van der Waals surface area contributed by atoms with E-state index in [4.69, 9.17) is 4.74 Å². The molecule has 4 nitrogen and oxygen atoms in total. The van der Waals surface area contributed by atoms with Crippen LogP contribution in [-0.4, -0.2) is 30.0 Å². The number of nitrogens with one attached hydrogen (secondary N) is 1. The Morgan fingerprint density at radius 3 is 2.53 bits per heavy atom. The molecule has 0 saturated carbocycles. The van der Waals surface area contributed by atoms with Gasteiger partial charge in [0.25, 0.3) is 0 Å². The number of likely N-dealkylation sites (N-methyl/N-ethyl adjacent to an activating group) is 1. The minimum atomic E-state index is 0.0747. The average Bonchev–Trinajstić information content (AvgIpc) is 2.71. The molecule has 1 N–H and O–H groups in total. The van der Waals surface area contributed by atoms with Gasteiger partial charge in [0.2, 0.25) is 0 Å². The van der Waals surface area contributed by atoms with Gasteiger partial charge in [0.1, 0.15) is 0 Å². The lowest BCUT2D eigenvalue weighted by atomic mass is 9.83. The van der Waals surface area contributed by atoms with Gasteiger partial charge < -0.3 is 10.1 Å². The first-order valence-electron chi connectivity index (χ1n) is 6.17. The van der Waals surface area contributed by atoms with E-state index < -0.39 is 0 Å². The van der Waals surface area contributed by atoms with E-state index in [0.717, 1.165) is 6.54 Å². The van der Waals surface area contributed by atoms with Gasteiger partial charge in [-0.25, -0.2) is 0 Å². The zero-order chi connectivity index (χ0) is 13.1. The van der Waals surface area contributed by atoms with Crippen molar-refractivity contribution < 1.29 is 4.74 Å². The summed E-state index contributed by atoms with van der Waals surface area (Å²) in [6, 6.07) is 2.21. The first-order chi connectivity index (χ1) is 7.95. The molecule has 0 radical (unpaired) electrons. The number of hydrogen-bond acceptors (Lipinski definition) is 3. The molecule has 2 unspecified atom stereocenters. The van der Waals surface area contributed by atoms with Crippen LogP contribution in [-0.2, 0) is 11.3 Å². The quantitative estimate of drug-likeness (QED) is 0.856. The molecule has 0 aliphatic heterocycles. The summed E-state index contributed by atoms with van der Waals surface area (Å²) in [5, 5.41) is 7.67. The Balaban J connectivity index is 3.05. The monoisotopic (exact) mass is 239 g/mol. The summed E-state index contributed by atoms with van der Waals surface area (Å²) in [6.45, 7) is 9.55. The molecule has 98 valence electrons. The highest BCUT2D eigenvalue weighted by molar-refractivity contribution is 5.10. The molecule has 0 amide bonds. The van der Waals surface area contributed by atoms with Crippen molar-refractivity contribution in [1.29, 1.82) is 0 Å². The predicted octanol–water partition coefficient (Wildman–Crippen LogP) is 2.22. The lowest BCUT2D eigenvalue weighted by molar-refractivity contribution is -0.0121. The third-order valence-electron chi connectivity index (χ3n) is 3.09. The molecule has 0 aliphatic carbocycles. The molecule has 1 aromatic rings. The van der Waals surface area contributed by atoms with Crippen molar-refractivity contribution in [2.75, 3.05) is 14.2 Å².